The van der Waals surface area contributed by atoms with Crippen molar-refractivity contribution in [2.45, 2.75) is 44.6 Å². The van der Waals surface area contributed by atoms with E-state index in [1.165, 1.54) is 12.8 Å². The van der Waals surface area contributed by atoms with Crippen LogP contribution in [-0.4, -0.2) is 26.4 Å². The van der Waals surface area contributed by atoms with Crippen LogP contribution in [0.25, 0.3) is 0 Å². The molecule has 0 aliphatic heterocycles. The lowest BCUT2D eigenvalue weighted by Gasteiger charge is -2.14. The first kappa shape index (κ1) is 15.4. The van der Waals surface area contributed by atoms with Gasteiger partial charge < -0.3 is 9.47 Å². The van der Waals surface area contributed by atoms with Crippen LogP contribution in [0.1, 0.15) is 38.5 Å². The van der Waals surface area contributed by atoms with Gasteiger partial charge in [0.2, 0.25) is 0 Å². The van der Waals surface area contributed by atoms with E-state index in [1.54, 1.807) is 7.11 Å². The Balaban J connectivity index is 3.32. The summed E-state index contributed by atoms with van der Waals surface area (Å²) in [6.45, 7) is 9.18. The van der Waals surface area contributed by atoms with Crippen molar-refractivity contribution >= 4 is 0 Å². The second kappa shape index (κ2) is 12.5. The zero-order chi connectivity index (χ0) is 12.1. The van der Waals surface area contributed by atoms with Crippen LogP contribution in [0.15, 0.2) is 25.3 Å². The lowest BCUT2D eigenvalue weighted by Crippen LogP contribution is -2.11. The number of hydrogen-bond donors (Lipinski definition) is 0. The van der Waals surface area contributed by atoms with E-state index in [0.717, 1.165) is 38.9 Å². The van der Waals surface area contributed by atoms with Crippen LogP contribution in [0.4, 0.5) is 0 Å². The molecule has 0 fully saturated rings. The SMILES string of the molecule is C=CCC(CC=C)OCCCCCCOC. The van der Waals surface area contributed by atoms with Gasteiger partial charge in [-0.2, -0.15) is 0 Å². The summed E-state index contributed by atoms with van der Waals surface area (Å²) in [5, 5.41) is 0. The van der Waals surface area contributed by atoms with Crippen LogP contribution in [0, 0.1) is 0 Å². The summed E-state index contributed by atoms with van der Waals surface area (Å²) >= 11 is 0. The van der Waals surface area contributed by atoms with E-state index in [-0.39, 0.29) is 6.10 Å². The molecule has 0 aliphatic carbocycles. The molecule has 16 heavy (non-hydrogen) atoms. The van der Waals surface area contributed by atoms with Crippen molar-refractivity contribution < 1.29 is 9.47 Å². The Labute approximate surface area is 100 Å². The van der Waals surface area contributed by atoms with E-state index in [2.05, 4.69) is 13.2 Å². The summed E-state index contributed by atoms with van der Waals surface area (Å²) in [4.78, 5) is 0. The average Bonchev–Trinajstić information content (AvgIpc) is 2.28. The van der Waals surface area contributed by atoms with Crippen molar-refractivity contribution in [2.24, 2.45) is 0 Å². The predicted octanol–water partition coefficient (Wildman–Crippen LogP) is 3.73. The fourth-order valence-electron chi connectivity index (χ4n) is 1.56. The summed E-state index contributed by atoms with van der Waals surface area (Å²) in [6, 6.07) is 0. The molecule has 0 aromatic carbocycles. The van der Waals surface area contributed by atoms with E-state index in [9.17, 15) is 0 Å². The van der Waals surface area contributed by atoms with Gasteiger partial charge in [-0.25, -0.2) is 0 Å². The second-order valence-corrected chi connectivity index (χ2v) is 3.95. The maximum Gasteiger partial charge on any atom is 0.0643 e. The third-order valence-corrected chi connectivity index (χ3v) is 2.46. The molecule has 0 spiro atoms. The zero-order valence-electron chi connectivity index (χ0n) is 10.6. The molecule has 0 heterocycles. The summed E-state index contributed by atoms with van der Waals surface area (Å²) in [6.07, 6.45) is 10.6. The van der Waals surface area contributed by atoms with Gasteiger partial charge in [0.25, 0.3) is 0 Å². The Hall–Kier alpha value is -0.600. The molecule has 0 saturated heterocycles. The Morgan fingerprint density at radius 1 is 0.938 bits per heavy atom. The maximum absolute atomic E-state index is 5.76. The minimum Gasteiger partial charge on any atom is -0.385 e. The molecule has 0 amide bonds. The molecule has 0 atom stereocenters. The molecule has 0 aromatic rings. The van der Waals surface area contributed by atoms with E-state index in [1.807, 2.05) is 12.2 Å². The van der Waals surface area contributed by atoms with Gasteiger partial charge in [-0.1, -0.05) is 25.0 Å². The fraction of sp³-hybridized carbons (Fsp3) is 0.714. The first-order valence-corrected chi connectivity index (χ1v) is 6.17. The van der Waals surface area contributed by atoms with Crippen molar-refractivity contribution in [3.63, 3.8) is 0 Å². The van der Waals surface area contributed by atoms with Crippen molar-refractivity contribution in [1.82, 2.24) is 0 Å². The fourth-order valence-corrected chi connectivity index (χ4v) is 1.56. The highest BCUT2D eigenvalue weighted by molar-refractivity contribution is 4.80. The van der Waals surface area contributed by atoms with Gasteiger partial charge >= 0.3 is 0 Å². The molecule has 0 bridgehead atoms. The highest BCUT2D eigenvalue weighted by atomic mass is 16.5. The Morgan fingerprint density at radius 2 is 1.50 bits per heavy atom. The molecule has 0 radical (unpaired) electrons. The molecule has 0 aromatic heterocycles. The number of methoxy groups -OCH3 is 1. The van der Waals surface area contributed by atoms with Gasteiger partial charge in [0.15, 0.2) is 0 Å². The first-order valence-electron chi connectivity index (χ1n) is 6.17. The molecule has 94 valence electrons. The Morgan fingerprint density at radius 3 is 2.00 bits per heavy atom. The van der Waals surface area contributed by atoms with Crippen molar-refractivity contribution in [3.8, 4) is 0 Å². The van der Waals surface area contributed by atoms with Crippen molar-refractivity contribution in [2.75, 3.05) is 20.3 Å². The third-order valence-electron chi connectivity index (χ3n) is 2.46. The van der Waals surface area contributed by atoms with Gasteiger partial charge in [-0.05, 0) is 25.7 Å². The number of hydrogen-bond acceptors (Lipinski definition) is 2. The van der Waals surface area contributed by atoms with Crippen LogP contribution in [0.5, 0.6) is 0 Å². The topological polar surface area (TPSA) is 18.5 Å². The van der Waals surface area contributed by atoms with Crippen molar-refractivity contribution in [1.29, 1.82) is 0 Å². The standard InChI is InChI=1S/C14H26O2/c1-4-10-14(11-5-2)16-13-9-7-6-8-12-15-3/h4-5,14H,1-2,6-13H2,3H3. The van der Waals surface area contributed by atoms with Crippen LogP contribution in [0.2, 0.25) is 0 Å². The van der Waals surface area contributed by atoms with Gasteiger partial charge in [-0.3, -0.25) is 0 Å². The molecule has 0 unspecified atom stereocenters. The molecule has 2 nitrogen and oxygen atoms in total. The summed E-state index contributed by atoms with van der Waals surface area (Å²) in [5.74, 6) is 0. The summed E-state index contributed by atoms with van der Waals surface area (Å²) < 4.78 is 10.8. The van der Waals surface area contributed by atoms with Crippen LogP contribution < -0.4 is 0 Å². The second-order valence-electron chi connectivity index (χ2n) is 3.95. The third kappa shape index (κ3) is 9.94. The molecule has 2 heteroatoms. The Kier molecular flexibility index (Phi) is 12.0. The van der Waals surface area contributed by atoms with Crippen molar-refractivity contribution in [3.05, 3.63) is 25.3 Å². The predicted molar refractivity (Wildman–Crippen MR) is 69.7 cm³/mol. The normalized spacial score (nSPS) is 10.6. The minimum absolute atomic E-state index is 0.272. The number of rotatable bonds is 12. The maximum atomic E-state index is 5.76. The quantitative estimate of drug-likeness (QED) is 0.373. The minimum atomic E-state index is 0.272. The number of unbranched alkanes of at least 4 members (excludes halogenated alkanes) is 3. The Bertz CT molecular complexity index is 156. The average molecular weight is 226 g/mol. The molecule has 0 N–H and O–H groups in total. The summed E-state index contributed by atoms with van der Waals surface area (Å²) in [7, 11) is 1.75. The highest BCUT2D eigenvalue weighted by Gasteiger charge is 2.03. The number of ether oxygens (including phenoxy) is 2. The molecule has 0 aliphatic rings. The summed E-state index contributed by atoms with van der Waals surface area (Å²) in [5.41, 5.74) is 0. The van der Waals surface area contributed by atoms with E-state index >= 15 is 0 Å². The molecule has 0 rings (SSSR count). The molecular formula is C14H26O2. The van der Waals surface area contributed by atoms with Gasteiger partial charge in [-0.15, -0.1) is 13.2 Å². The van der Waals surface area contributed by atoms with E-state index in [4.69, 9.17) is 9.47 Å². The van der Waals surface area contributed by atoms with E-state index in [0.29, 0.717) is 0 Å². The zero-order valence-corrected chi connectivity index (χ0v) is 10.6. The van der Waals surface area contributed by atoms with Crippen LogP contribution in [0.3, 0.4) is 0 Å². The molecular weight excluding hydrogens is 200 g/mol. The lowest BCUT2D eigenvalue weighted by atomic mass is 10.2. The van der Waals surface area contributed by atoms with Gasteiger partial charge in [0.05, 0.1) is 6.10 Å². The van der Waals surface area contributed by atoms with Crippen LogP contribution in [-0.2, 0) is 9.47 Å². The first-order chi connectivity index (χ1) is 7.85. The van der Waals surface area contributed by atoms with Gasteiger partial charge in [0, 0.05) is 20.3 Å². The largest absolute Gasteiger partial charge is 0.385 e. The highest BCUT2D eigenvalue weighted by Crippen LogP contribution is 2.07. The molecule has 0 saturated carbocycles. The smallest absolute Gasteiger partial charge is 0.0643 e. The van der Waals surface area contributed by atoms with E-state index < -0.39 is 0 Å². The van der Waals surface area contributed by atoms with Crippen LogP contribution >= 0.6 is 0 Å². The monoisotopic (exact) mass is 226 g/mol. The lowest BCUT2D eigenvalue weighted by molar-refractivity contribution is 0.0544. The van der Waals surface area contributed by atoms with Gasteiger partial charge in [0.1, 0.15) is 0 Å².